The Labute approximate surface area is 165 Å². The van der Waals surface area contributed by atoms with Gasteiger partial charge in [-0.25, -0.2) is 0 Å². The van der Waals surface area contributed by atoms with Gasteiger partial charge in [-0.1, -0.05) is 41.7 Å². The summed E-state index contributed by atoms with van der Waals surface area (Å²) >= 11 is 1.46. The standard InChI is InChI=1S/C19H19N5O3S/c1-14-18(11-12-25)28-19(23(14)13-15-5-3-2-4-6-15)21-22-20-16-7-9-17(10-8-16)24(26)27/h2-10,25H,11-13H2,1H3/b21-19-,22-20?. The number of nitro groups is 1. The summed E-state index contributed by atoms with van der Waals surface area (Å²) in [5.41, 5.74) is 2.65. The highest BCUT2D eigenvalue weighted by atomic mass is 32.1. The summed E-state index contributed by atoms with van der Waals surface area (Å²) in [6.07, 6.45) is 0.556. The lowest BCUT2D eigenvalue weighted by atomic mass is 10.2. The van der Waals surface area contributed by atoms with Crippen molar-refractivity contribution in [2.45, 2.75) is 19.9 Å². The number of non-ortho nitro benzene ring substituents is 1. The highest BCUT2D eigenvalue weighted by molar-refractivity contribution is 7.09. The number of rotatable bonds is 7. The van der Waals surface area contributed by atoms with Crippen LogP contribution in [0.3, 0.4) is 0 Å². The molecule has 1 aromatic heterocycles. The zero-order chi connectivity index (χ0) is 19.9. The Hall–Kier alpha value is -3.17. The highest BCUT2D eigenvalue weighted by Gasteiger charge is 2.10. The minimum absolute atomic E-state index is 0.000816. The first-order chi connectivity index (χ1) is 13.6. The predicted molar refractivity (Wildman–Crippen MR) is 107 cm³/mol. The topological polar surface area (TPSA) is 105 Å². The molecular formula is C19H19N5O3S. The van der Waals surface area contributed by atoms with Crippen LogP contribution >= 0.6 is 11.3 Å². The zero-order valence-corrected chi connectivity index (χ0v) is 16.0. The normalized spacial score (nSPS) is 12.0. The number of hydrogen-bond acceptors (Lipinski definition) is 6. The smallest absolute Gasteiger partial charge is 0.269 e. The fourth-order valence-corrected chi connectivity index (χ4v) is 3.71. The molecule has 0 aliphatic heterocycles. The lowest BCUT2D eigenvalue weighted by Crippen LogP contribution is -2.16. The largest absolute Gasteiger partial charge is 0.396 e. The molecule has 1 N–H and O–H groups in total. The van der Waals surface area contributed by atoms with Gasteiger partial charge in [0.25, 0.3) is 5.69 Å². The van der Waals surface area contributed by atoms with Gasteiger partial charge in [0.1, 0.15) is 0 Å². The van der Waals surface area contributed by atoms with E-state index in [4.69, 9.17) is 0 Å². The molecule has 0 amide bonds. The molecule has 0 saturated heterocycles. The summed E-state index contributed by atoms with van der Waals surface area (Å²) in [6.45, 7) is 2.70. The summed E-state index contributed by atoms with van der Waals surface area (Å²) in [5.74, 6) is 0. The molecule has 144 valence electrons. The fourth-order valence-electron chi connectivity index (χ4n) is 2.65. The van der Waals surface area contributed by atoms with Gasteiger partial charge in [-0.2, -0.15) is 0 Å². The van der Waals surface area contributed by atoms with Crippen molar-refractivity contribution in [3.63, 3.8) is 0 Å². The summed E-state index contributed by atoms with van der Waals surface area (Å²) in [7, 11) is 0. The summed E-state index contributed by atoms with van der Waals surface area (Å²) < 4.78 is 2.04. The van der Waals surface area contributed by atoms with E-state index in [9.17, 15) is 15.2 Å². The molecule has 0 atom stereocenters. The van der Waals surface area contributed by atoms with Crippen molar-refractivity contribution in [3.05, 3.63) is 85.6 Å². The van der Waals surface area contributed by atoms with Crippen LogP contribution in [0, 0.1) is 17.0 Å². The number of nitrogens with zero attached hydrogens (tertiary/aromatic N) is 5. The van der Waals surface area contributed by atoms with Gasteiger partial charge in [-0.15, -0.1) is 10.2 Å². The van der Waals surface area contributed by atoms with E-state index in [1.807, 2.05) is 41.8 Å². The second kappa shape index (κ2) is 9.16. The van der Waals surface area contributed by atoms with Gasteiger partial charge in [0, 0.05) is 35.7 Å². The second-order valence-corrected chi connectivity index (χ2v) is 7.06. The second-order valence-electron chi connectivity index (χ2n) is 6.00. The van der Waals surface area contributed by atoms with Crippen molar-refractivity contribution in [1.29, 1.82) is 0 Å². The van der Waals surface area contributed by atoms with E-state index in [0.717, 1.165) is 16.1 Å². The molecular weight excluding hydrogens is 378 g/mol. The van der Waals surface area contributed by atoms with Crippen LogP contribution in [0.1, 0.15) is 16.1 Å². The van der Waals surface area contributed by atoms with E-state index in [0.29, 0.717) is 23.5 Å². The average Bonchev–Trinajstić information content (AvgIpc) is 2.99. The number of aliphatic hydroxyl groups excluding tert-OH is 1. The van der Waals surface area contributed by atoms with Gasteiger partial charge in [0.05, 0.1) is 17.2 Å². The van der Waals surface area contributed by atoms with Gasteiger partial charge < -0.3 is 9.67 Å². The first kappa shape index (κ1) is 19.6. The maximum atomic E-state index is 10.7. The Balaban J connectivity index is 1.90. The third-order valence-corrected chi connectivity index (χ3v) is 5.36. The first-order valence-electron chi connectivity index (χ1n) is 8.61. The molecule has 0 bridgehead atoms. The third kappa shape index (κ3) is 4.76. The summed E-state index contributed by atoms with van der Waals surface area (Å²) in [6, 6.07) is 15.8. The van der Waals surface area contributed by atoms with Crippen molar-refractivity contribution in [2.24, 2.45) is 15.4 Å². The number of hydrogen-bond donors (Lipinski definition) is 1. The lowest BCUT2D eigenvalue weighted by Gasteiger charge is -2.06. The molecule has 1 heterocycles. The van der Waals surface area contributed by atoms with E-state index in [1.165, 1.54) is 35.6 Å². The first-order valence-corrected chi connectivity index (χ1v) is 9.43. The molecule has 0 saturated carbocycles. The molecule has 0 aliphatic carbocycles. The summed E-state index contributed by atoms with van der Waals surface area (Å²) in [5, 5.41) is 32.2. The molecule has 0 fully saturated rings. The predicted octanol–water partition coefficient (Wildman–Crippen LogP) is 3.95. The molecule has 28 heavy (non-hydrogen) atoms. The molecule has 3 aromatic rings. The molecule has 3 rings (SSSR count). The van der Waals surface area contributed by atoms with E-state index < -0.39 is 4.92 Å². The van der Waals surface area contributed by atoms with Gasteiger partial charge in [0.15, 0.2) is 0 Å². The lowest BCUT2D eigenvalue weighted by molar-refractivity contribution is -0.384. The average molecular weight is 397 g/mol. The van der Waals surface area contributed by atoms with Crippen molar-refractivity contribution in [1.82, 2.24) is 4.57 Å². The molecule has 9 heteroatoms. The Morgan fingerprint density at radius 2 is 1.86 bits per heavy atom. The maximum Gasteiger partial charge on any atom is 0.269 e. The Kier molecular flexibility index (Phi) is 6.41. The van der Waals surface area contributed by atoms with Crippen LogP contribution < -0.4 is 4.80 Å². The number of aliphatic hydroxyl groups is 1. The molecule has 0 spiro atoms. The van der Waals surface area contributed by atoms with Crippen LogP contribution in [0.15, 0.2) is 70.0 Å². The number of thiazole rings is 1. The monoisotopic (exact) mass is 397 g/mol. The quantitative estimate of drug-likeness (QED) is 0.371. The fraction of sp³-hybridized carbons (Fsp3) is 0.211. The Bertz CT molecular complexity index is 1040. The van der Waals surface area contributed by atoms with Crippen LogP contribution in [-0.4, -0.2) is 21.2 Å². The van der Waals surface area contributed by atoms with Gasteiger partial charge >= 0.3 is 0 Å². The van der Waals surface area contributed by atoms with Gasteiger partial charge in [-0.3, -0.25) is 10.1 Å². The molecule has 8 nitrogen and oxygen atoms in total. The summed E-state index contributed by atoms with van der Waals surface area (Å²) in [4.78, 5) is 12.0. The molecule has 2 aromatic carbocycles. The van der Waals surface area contributed by atoms with E-state index in [2.05, 4.69) is 15.4 Å². The van der Waals surface area contributed by atoms with E-state index in [-0.39, 0.29) is 12.3 Å². The zero-order valence-electron chi connectivity index (χ0n) is 15.2. The number of nitro benzene ring substituents is 1. The SMILES string of the molecule is Cc1c(CCO)s/c(=N\N=Nc2ccc([N+](=O)[O-])cc2)n1Cc1ccccc1. The van der Waals surface area contributed by atoms with Crippen LogP contribution in [0.5, 0.6) is 0 Å². The van der Waals surface area contributed by atoms with Crippen molar-refractivity contribution in [3.8, 4) is 0 Å². The van der Waals surface area contributed by atoms with Crippen molar-refractivity contribution in [2.75, 3.05) is 6.61 Å². The van der Waals surface area contributed by atoms with Crippen LogP contribution in [0.2, 0.25) is 0 Å². The minimum Gasteiger partial charge on any atom is -0.396 e. The maximum absolute atomic E-state index is 10.7. The van der Waals surface area contributed by atoms with Gasteiger partial charge in [-0.05, 0) is 29.8 Å². The molecule has 0 aliphatic rings. The highest BCUT2D eigenvalue weighted by Crippen LogP contribution is 2.18. The van der Waals surface area contributed by atoms with Gasteiger partial charge in [0.2, 0.25) is 4.80 Å². The Morgan fingerprint density at radius 1 is 1.14 bits per heavy atom. The van der Waals surface area contributed by atoms with Crippen LogP contribution in [0.4, 0.5) is 11.4 Å². The van der Waals surface area contributed by atoms with E-state index >= 15 is 0 Å². The molecule has 0 radical (unpaired) electrons. The number of benzene rings is 2. The van der Waals surface area contributed by atoms with E-state index in [1.54, 1.807) is 0 Å². The van der Waals surface area contributed by atoms with Crippen molar-refractivity contribution >= 4 is 22.7 Å². The van der Waals surface area contributed by atoms with Crippen molar-refractivity contribution < 1.29 is 10.0 Å². The Morgan fingerprint density at radius 3 is 2.50 bits per heavy atom. The van der Waals surface area contributed by atoms with Crippen LogP contribution in [0.25, 0.3) is 0 Å². The van der Waals surface area contributed by atoms with Crippen LogP contribution in [-0.2, 0) is 13.0 Å². The third-order valence-electron chi connectivity index (χ3n) is 4.13. The number of aromatic nitrogens is 1. The minimum atomic E-state index is -0.463. The molecule has 0 unspecified atom stereocenters.